The maximum atomic E-state index is 12.8. The number of carbonyl (C=O) groups excluding carboxylic acids is 1. The first kappa shape index (κ1) is 23.7. The predicted molar refractivity (Wildman–Crippen MR) is 131 cm³/mol. The van der Waals surface area contributed by atoms with E-state index in [-0.39, 0.29) is 18.3 Å². The van der Waals surface area contributed by atoms with Crippen LogP contribution in [0.1, 0.15) is 39.8 Å². The zero-order valence-corrected chi connectivity index (χ0v) is 19.8. The van der Waals surface area contributed by atoms with Gasteiger partial charge in [-0.25, -0.2) is 4.68 Å². The van der Waals surface area contributed by atoms with Crippen molar-refractivity contribution < 1.29 is 14.5 Å². The number of hydrogen-bond acceptors (Lipinski definition) is 6. The molecule has 0 aliphatic carbocycles. The van der Waals surface area contributed by atoms with Gasteiger partial charge in [-0.3, -0.25) is 19.6 Å². The molecule has 180 valence electrons. The van der Waals surface area contributed by atoms with Gasteiger partial charge >= 0.3 is 5.69 Å². The smallest absolute Gasteiger partial charge is 0.312 e. The fraction of sp³-hybridized carbons (Fsp3) is 0.240. The third-order valence-corrected chi connectivity index (χ3v) is 5.63. The second kappa shape index (κ2) is 10.2. The highest BCUT2D eigenvalue weighted by Crippen LogP contribution is 2.23. The lowest BCUT2D eigenvalue weighted by Crippen LogP contribution is -2.12. The molecule has 0 fully saturated rings. The second-order valence-corrected chi connectivity index (χ2v) is 8.13. The van der Waals surface area contributed by atoms with Crippen molar-refractivity contribution in [2.45, 2.75) is 40.5 Å². The fourth-order valence-electron chi connectivity index (χ4n) is 3.75. The van der Waals surface area contributed by atoms with E-state index >= 15 is 0 Å². The molecule has 0 saturated carbocycles. The highest BCUT2D eigenvalue weighted by Gasteiger charge is 2.21. The van der Waals surface area contributed by atoms with Gasteiger partial charge in [0.2, 0.25) is 0 Å². The number of anilines is 1. The van der Waals surface area contributed by atoms with E-state index in [0.717, 1.165) is 17.7 Å². The van der Waals surface area contributed by atoms with Gasteiger partial charge in [0.1, 0.15) is 17.1 Å². The SMILES string of the molecule is CCc1ccc(OCn2cc(NC(=O)c3cccc(Cn4nc(C)c([N+](=O)[O-])c4C)c3)cn2)cc1. The Hall–Kier alpha value is -4.47. The van der Waals surface area contributed by atoms with Crippen molar-refractivity contribution in [3.8, 4) is 5.75 Å². The lowest BCUT2D eigenvalue weighted by molar-refractivity contribution is -0.386. The van der Waals surface area contributed by atoms with Crippen molar-refractivity contribution in [1.82, 2.24) is 19.6 Å². The molecule has 1 amide bonds. The third-order valence-electron chi connectivity index (χ3n) is 5.63. The minimum Gasteiger partial charge on any atom is -0.471 e. The topological polar surface area (TPSA) is 117 Å². The van der Waals surface area contributed by atoms with Gasteiger partial charge in [-0.1, -0.05) is 31.2 Å². The summed E-state index contributed by atoms with van der Waals surface area (Å²) in [6.45, 7) is 5.90. The Morgan fingerprint density at radius 1 is 1.14 bits per heavy atom. The monoisotopic (exact) mass is 474 g/mol. The molecule has 0 spiro atoms. The molecule has 0 radical (unpaired) electrons. The van der Waals surface area contributed by atoms with Gasteiger partial charge in [0.25, 0.3) is 5.91 Å². The quantitative estimate of drug-likeness (QED) is 0.282. The van der Waals surface area contributed by atoms with Crippen LogP contribution >= 0.6 is 0 Å². The van der Waals surface area contributed by atoms with Crippen molar-refractivity contribution in [1.29, 1.82) is 0 Å². The van der Waals surface area contributed by atoms with E-state index in [1.807, 2.05) is 30.3 Å². The zero-order chi connectivity index (χ0) is 24.9. The van der Waals surface area contributed by atoms with Crippen LogP contribution in [0.15, 0.2) is 60.9 Å². The predicted octanol–water partition coefficient (Wildman–Crippen LogP) is 4.50. The summed E-state index contributed by atoms with van der Waals surface area (Å²) < 4.78 is 8.91. The van der Waals surface area contributed by atoms with Crippen LogP contribution in [-0.4, -0.2) is 30.4 Å². The summed E-state index contributed by atoms with van der Waals surface area (Å²) >= 11 is 0. The van der Waals surface area contributed by atoms with Crippen LogP contribution in [0.25, 0.3) is 0 Å². The average Bonchev–Trinajstić information content (AvgIpc) is 3.41. The standard InChI is InChI=1S/C25H26N6O4/c1-4-19-8-10-23(11-9-19)35-16-29-15-22(13-26-29)27-25(32)21-7-5-6-20(12-21)14-30-18(3)24(31(33)34)17(2)28-30/h5-13,15H,4,14,16H2,1-3H3,(H,27,32). The summed E-state index contributed by atoms with van der Waals surface area (Å²) in [4.78, 5) is 23.6. The number of ether oxygens (including phenoxy) is 1. The van der Waals surface area contributed by atoms with E-state index in [1.54, 1.807) is 53.8 Å². The number of hydrogen-bond donors (Lipinski definition) is 1. The Kier molecular flexibility index (Phi) is 6.91. The first-order valence-electron chi connectivity index (χ1n) is 11.2. The normalized spacial score (nSPS) is 10.8. The minimum absolute atomic E-state index is 0.0119. The van der Waals surface area contributed by atoms with Gasteiger partial charge < -0.3 is 10.1 Å². The summed E-state index contributed by atoms with van der Waals surface area (Å²) in [5.41, 5.74) is 3.88. The Morgan fingerprint density at radius 2 is 1.91 bits per heavy atom. The largest absolute Gasteiger partial charge is 0.471 e. The Labute approximate surface area is 202 Å². The van der Waals surface area contributed by atoms with Crippen molar-refractivity contribution in [2.75, 3.05) is 5.32 Å². The number of rotatable bonds is 9. The molecule has 10 heteroatoms. The van der Waals surface area contributed by atoms with Gasteiger partial charge in [0.05, 0.1) is 29.5 Å². The molecular formula is C25H26N6O4. The number of nitro groups is 1. The van der Waals surface area contributed by atoms with Crippen LogP contribution in [0, 0.1) is 24.0 Å². The minimum atomic E-state index is -0.425. The summed E-state index contributed by atoms with van der Waals surface area (Å²) in [5, 5.41) is 22.6. The van der Waals surface area contributed by atoms with Crippen molar-refractivity contribution in [3.63, 3.8) is 0 Å². The van der Waals surface area contributed by atoms with Gasteiger partial charge in [0, 0.05) is 5.56 Å². The third kappa shape index (κ3) is 5.55. The number of aromatic nitrogens is 4. The molecule has 1 N–H and O–H groups in total. The summed E-state index contributed by atoms with van der Waals surface area (Å²) in [6.07, 6.45) is 4.22. The molecule has 2 aromatic heterocycles. The Morgan fingerprint density at radius 3 is 2.60 bits per heavy atom. The first-order chi connectivity index (χ1) is 16.8. The van der Waals surface area contributed by atoms with Crippen LogP contribution < -0.4 is 10.1 Å². The molecular weight excluding hydrogens is 448 g/mol. The van der Waals surface area contributed by atoms with Crippen LogP contribution in [0.5, 0.6) is 5.75 Å². The average molecular weight is 475 g/mol. The number of amides is 1. The molecule has 0 saturated heterocycles. The lowest BCUT2D eigenvalue weighted by Gasteiger charge is -2.08. The van der Waals surface area contributed by atoms with Crippen LogP contribution in [0.4, 0.5) is 11.4 Å². The summed E-state index contributed by atoms with van der Waals surface area (Å²) in [7, 11) is 0. The molecule has 0 unspecified atom stereocenters. The molecule has 0 bridgehead atoms. The number of benzene rings is 2. The fourth-order valence-corrected chi connectivity index (χ4v) is 3.75. The number of carbonyl (C=O) groups is 1. The molecule has 4 rings (SSSR count). The highest BCUT2D eigenvalue weighted by molar-refractivity contribution is 6.04. The number of nitrogens with one attached hydrogen (secondary N) is 1. The molecule has 10 nitrogen and oxygen atoms in total. The Bertz CT molecular complexity index is 1360. The second-order valence-electron chi connectivity index (χ2n) is 8.13. The molecule has 2 aromatic carbocycles. The first-order valence-corrected chi connectivity index (χ1v) is 11.2. The van der Waals surface area contributed by atoms with E-state index < -0.39 is 4.92 Å². The lowest BCUT2D eigenvalue weighted by atomic mass is 10.1. The maximum absolute atomic E-state index is 12.8. The highest BCUT2D eigenvalue weighted by atomic mass is 16.6. The molecule has 0 atom stereocenters. The van der Waals surface area contributed by atoms with Gasteiger partial charge in [0.15, 0.2) is 6.73 Å². The molecule has 2 heterocycles. The Balaban J connectivity index is 1.38. The van der Waals surface area contributed by atoms with E-state index in [0.29, 0.717) is 29.2 Å². The molecule has 0 aliphatic rings. The van der Waals surface area contributed by atoms with Crippen molar-refractivity contribution >= 4 is 17.3 Å². The number of aryl methyl sites for hydroxylation is 2. The van der Waals surface area contributed by atoms with E-state index in [4.69, 9.17) is 4.74 Å². The van der Waals surface area contributed by atoms with E-state index in [1.165, 1.54) is 5.56 Å². The van der Waals surface area contributed by atoms with Gasteiger partial charge in [-0.15, -0.1) is 0 Å². The van der Waals surface area contributed by atoms with Crippen molar-refractivity contribution in [3.05, 3.63) is 99.1 Å². The van der Waals surface area contributed by atoms with Gasteiger partial charge in [-0.05, 0) is 55.7 Å². The molecule has 4 aromatic rings. The summed E-state index contributed by atoms with van der Waals surface area (Å²) in [5.74, 6) is 0.454. The molecule has 0 aliphatic heterocycles. The summed E-state index contributed by atoms with van der Waals surface area (Å²) in [6, 6.07) is 14.9. The molecule has 35 heavy (non-hydrogen) atoms. The van der Waals surface area contributed by atoms with Crippen LogP contribution in [0.2, 0.25) is 0 Å². The van der Waals surface area contributed by atoms with E-state index in [9.17, 15) is 14.9 Å². The van der Waals surface area contributed by atoms with Crippen LogP contribution in [-0.2, 0) is 19.7 Å². The van der Waals surface area contributed by atoms with Crippen LogP contribution in [0.3, 0.4) is 0 Å². The number of nitrogens with zero attached hydrogens (tertiary/aromatic N) is 5. The van der Waals surface area contributed by atoms with E-state index in [2.05, 4.69) is 22.4 Å². The zero-order valence-electron chi connectivity index (χ0n) is 19.8. The van der Waals surface area contributed by atoms with Gasteiger partial charge in [-0.2, -0.15) is 10.2 Å². The van der Waals surface area contributed by atoms with Crippen molar-refractivity contribution in [2.24, 2.45) is 0 Å². The maximum Gasteiger partial charge on any atom is 0.312 e.